The largest absolute Gasteiger partial charge is 0.443 e. The van der Waals surface area contributed by atoms with Gasteiger partial charge in [-0.3, -0.25) is 4.90 Å². The number of anilines is 1. The van der Waals surface area contributed by atoms with E-state index < -0.39 is 29.2 Å². The average molecular weight is 616 g/mol. The third-order valence-electron chi connectivity index (χ3n) is 7.05. The van der Waals surface area contributed by atoms with Crippen molar-refractivity contribution in [1.82, 2.24) is 19.4 Å². The molecule has 4 atom stereocenters. The van der Waals surface area contributed by atoms with E-state index in [1.807, 2.05) is 18.4 Å². The molecule has 0 radical (unpaired) electrons. The smallest absolute Gasteiger partial charge is 0.425 e. The Labute approximate surface area is 256 Å². The quantitative estimate of drug-likeness (QED) is 0.451. The van der Waals surface area contributed by atoms with E-state index in [1.54, 1.807) is 59.5 Å². The zero-order valence-corrected chi connectivity index (χ0v) is 26.9. The molecule has 1 unspecified atom stereocenters. The normalized spacial score (nSPS) is 25.7. The fourth-order valence-electron chi connectivity index (χ4n) is 5.47. The molecular weight excluding hydrogens is 574 g/mol. The van der Waals surface area contributed by atoms with E-state index in [0.717, 1.165) is 24.5 Å². The summed E-state index contributed by atoms with van der Waals surface area (Å²) in [6.07, 6.45) is 6.77. The van der Waals surface area contributed by atoms with E-state index in [9.17, 15) is 9.59 Å². The molecule has 0 spiro atoms. The summed E-state index contributed by atoms with van der Waals surface area (Å²) in [6, 6.07) is 0. The summed E-state index contributed by atoms with van der Waals surface area (Å²) in [4.78, 5) is 39.1. The van der Waals surface area contributed by atoms with Crippen LogP contribution in [0.25, 0.3) is 11.0 Å². The highest BCUT2D eigenvalue weighted by Gasteiger charge is 2.56. The number of imide groups is 1. The predicted molar refractivity (Wildman–Crippen MR) is 162 cm³/mol. The maximum atomic E-state index is 13.5. The molecule has 2 aromatic heterocycles. The molecule has 0 N–H and O–H groups in total. The Balaban J connectivity index is 1.57. The highest BCUT2D eigenvalue weighted by atomic mass is 32.2. The molecule has 5 heterocycles. The van der Waals surface area contributed by atoms with Crippen LogP contribution in [0.2, 0.25) is 0 Å². The van der Waals surface area contributed by atoms with E-state index in [0.29, 0.717) is 29.8 Å². The molecule has 2 aromatic rings. The number of thioether (sulfide) groups is 1. The Bertz CT molecular complexity index is 1390. The Morgan fingerprint density at radius 2 is 1.67 bits per heavy atom. The summed E-state index contributed by atoms with van der Waals surface area (Å²) in [5.74, 6) is 1.92. The molecule has 2 amide bonds. The van der Waals surface area contributed by atoms with Gasteiger partial charge >= 0.3 is 12.2 Å². The van der Waals surface area contributed by atoms with Crippen molar-refractivity contribution in [2.24, 2.45) is 0 Å². The molecule has 0 bridgehead atoms. The molecule has 3 fully saturated rings. The lowest BCUT2D eigenvalue weighted by Crippen LogP contribution is -2.44. The van der Waals surface area contributed by atoms with Crippen LogP contribution in [0.1, 0.15) is 66.3 Å². The molecule has 3 saturated heterocycles. The number of terminal acetylenes is 1. The lowest BCUT2D eigenvalue weighted by atomic mass is 10.1. The van der Waals surface area contributed by atoms with Gasteiger partial charge < -0.3 is 28.3 Å². The molecule has 0 aromatic carbocycles. The summed E-state index contributed by atoms with van der Waals surface area (Å²) in [6.45, 7) is 18.0. The van der Waals surface area contributed by atoms with Crippen molar-refractivity contribution in [2.75, 3.05) is 37.7 Å². The van der Waals surface area contributed by atoms with Gasteiger partial charge in [-0.05, 0) is 55.4 Å². The average Bonchev–Trinajstić information content (AvgIpc) is 3.51. The van der Waals surface area contributed by atoms with Crippen molar-refractivity contribution < 1.29 is 33.3 Å². The van der Waals surface area contributed by atoms with E-state index in [2.05, 4.69) is 20.8 Å². The van der Waals surface area contributed by atoms with E-state index in [-0.39, 0.29) is 28.6 Å². The molecule has 234 valence electrons. The van der Waals surface area contributed by atoms with Crippen LogP contribution in [0.4, 0.5) is 15.4 Å². The maximum Gasteiger partial charge on any atom is 0.425 e. The SMILES string of the molecule is C#Cc1cn([C@@H]2S[C@H](CN3CCOCC3)C3OC(C)(C)O[C@@H]32)c2ncnc(N(C(=O)OC(C)(C)C)C(=O)OC(C)(C)C)c12. The maximum absolute atomic E-state index is 13.5. The molecule has 12 nitrogen and oxygen atoms in total. The summed E-state index contributed by atoms with van der Waals surface area (Å²) in [7, 11) is 0. The Morgan fingerprint density at radius 1 is 1.07 bits per heavy atom. The highest BCUT2D eigenvalue weighted by molar-refractivity contribution is 8.00. The van der Waals surface area contributed by atoms with Crippen molar-refractivity contribution in [3.05, 3.63) is 18.1 Å². The number of carbonyl (C=O) groups is 2. The molecule has 43 heavy (non-hydrogen) atoms. The number of hydrogen-bond donors (Lipinski definition) is 0. The molecular formula is C30H41N5O7S. The fraction of sp³-hybridized carbons (Fsp3) is 0.667. The third-order valence-corrected chi connectivity index (χ3v) is 8.59. The van der Waals surface area contributed by atoms with Crippen LogP contribution < -0.4 is 4.90 Å². The Hall–Kier alpha value is -2.89. The lowest BCUT2D eigenvalue weighted by molar-refractivity contribution is -0.149. The molecule has 3 aliphatic heterocycles. The molecule has 5 rings (SSSR count). The molecule has 0 aliphatic carbocycles. The monoisotopic (exact) mass is 615 g/mol. The van der Waals surface area contributed by atoms with Crippen molar-refractivity contribution in [2.45, 2.75) is 95.2 Å². The number of amides is 2. The predicted octanol–water partition coefficient (Wildman–Crippen LogP) is 4.56. The number of rotatable bonds is 4. The van der Waals surface area contributed by atoms with E-state index in [1.165, 1.54) is 6.33 Å². The van der Waals surface area contributed by atoms with Gasteiger partial charge in [0.05, 0.1) is 24.2 Å². The third kappa shape index (κ3) is 6.78. The first-order valence-electron chi connectivity index (χ1n) is 14.5. The van der Waals surface area contributed by atoms with Crippen molar-refractivity contribution in [3.63, 3.8) is 0 Å². The number of morpholine rings is 1. The van der Waals surface area contributed by atoms with Crippen molar-refractivity contribution in [1.29, 1.82) is 0 Å². The van der Waals surface area contributed by atoms with Gasteiger partial charge in [-0.2, -0.15) is 4.90 Å². The van der Waals surface area contributed by atoms with Crippen molar-refractivity contribution >= 4 is 40.8 Å². The van der Waals surface area contributed by atoms with Crippen LogP contribution >= 0.6 is 11.8 Å². The second-order valence-corrected chi connectivity index (χ2v) is 14.7. The van der Waals surface area contributed by atoms with Crippen LogP contribution in [0.15, 0.2) is 12.5 Å². The summed E-state index contributed by atoms with van der Waals surface area (Å²) in [5, 5.41) is 0.221. The van der Waals surface area contributed by atoms with Gasteiger partial charge in [0.2, 0.25) is 0 Å². The number of ether oxygens (including phenoxy) is 5. The van der Waals surface area contributed by atoms with Crippen LogP contribution in [-0.4, -0.2) is 98.9 Å². The summed E-state index contributed by atoms with van der Waals surface area (Å²) in [5.41, 5.74) is -0.912. The zero-order chi connectivity index (χ0) is 31.3. The van der Waals surface area contributed by atoms with E-state index >= 15 is 0 Å². The van der Waals surface area contributed by atoms with Crippen LogP contribution in [-0.2, 0) is 23.7 Å². The fourth-order valence-corrected chi connectivity index (χ4v) is 7.15. The highest BCUT2D eigenvalue weighted by Crippen LogP contribution is 2.52. The first kappa shape index (κ1) is 31.5. The molecule has 13 heteroatoms. The van der Waals surface area contributed by atoms with Gasteiger partial charge in [0, 0.05) is 31.1 Å². The number of carbonyl (C=O) groups excluding carboxylic acids is 2. The number of aromatic nitrogens is 3. The van der Waals surface area contributed by atoms with Gasteiger partial charge in [0.25, 0.3) is 0 Å². The minimum atomic E-state index is -0.937. The minimum Gasteiger partial charge on any atom is -0.443 e. The van der Waals surface area contributed by atoms with Crippen LogP contribution in [0.3, 0.4) is 0 Å². The van der Waals surface area contributed by atoms with Gasteiger partial charge in [-0.15, -0.1) is 18.2 Å². The zero-order valence-electron chi connectivity index (χ0n) is 26.1. The number of hydrogen-bond acceptors (Lipinski definition) is 11. The summed E-state index contributed by atoms with van der Waals surface area (Å²) >= 11 is 1.74. The van der Waals surface area contributed by atoms with Crippen LogP contribution in [0.5, 0.6) is 0 Å². The summed E-state index contributed by atoms with van der Waals surface area (Å²) < 4.78 is 31.6. The van der Waals surface area contributed by atoms with Crippen molar-refractivity contribution in [3.8, 4) is 12.3 Å². The van der Waals surface area contributed by atoms with Gasteiger partial charge in [-0.25, -0.2) is 19.6 Å². The second kappa shape index (κ2) is 11.6. The molecule has 0 saturated carbocycles. The van der Waals surface area contributed by atoms with E-state index in [4.69, 9.17) is 30.1 Å². The lowest BCUT2D eigenvalue weighted by Gasteiger charge is -2.31. The van der Waals surface area contributed by atoms with Gasteiger partial charge in [0.1, 0.15) is 40.8 Å². The molecule has 3 aliphatic rings. The second-order valence-electron chi connectivity index (χ2n) is 13.3. The first-order chi connectivity index (χ1) is 20.1. The number of nitrogens with zero attached hydrogens (tertiary/aromatic N) is 5. The van der Waals surface area contributed by atoms with Gasteiger partial charge in [0.15, 0.2) is 11.6 Å². The van der Waals surface area contributed by atoms with Gasteiger partial charge in [-0.1, -0.05) is 5.92 Å². The minimum absolute atomic E-state index is 0.0199. The topological polar surface area (TPSA) is 117 Å². The van der Waals surface area contributed by atoms with Crippen LogP contribution in [0, 0.1) is 12.3 Å². The Morgan fingerprint density at radius 3 is 2.26 bits per heavy atom. The first-order valence-corrected chi connectivity index (χ1v) is 15.4. The standard InChI is InChI=1S/C30H41N5O7S/c1-10-18-15-34(25-22-21(39-30(8,9)40-22)19(43-25)16-33-11-13-38-14-12-33)23-20(18)24(32-17-31-23)35(26(36)41-28(2,3)4)27(37)42-29(5,6)7/h1,15,17,19,21-22,25H,11-14,16H2,2-9H3/t19-,21?,22+,25-/m1/s1. The number of fused-ring (bicyclic) bond motifs is 2. The Kier molecular flexibility index (Phi) is 8.47.